The third kappa shape index (κ3) is 4.97. The van der Waals surface area contributed by atoms with E-state index in [1.807, 2.05) is 0 Å². The maximum Gasteiger partial charge on any atom is 0.353 e. The molecule has 0 atom stereocenters. The third-order valence-electron chi connectivity index (χ3n) is 4.69. The maximum absolute atomic E-state index is 11.8. The van der Waals surface area contributed by atoms with Crippen LogP contribution in [0.5, 0.6) is 17.2 Å². The van der Waals surface area contributed by atoms with E-state index in [9.17, 15) is 10.1 Å². The smallest absolute Gasteiger partial charge is 0.353 e. The molecule has 32 heavy (non-hydrogen) atoms. The number of hydrogen-bond donors (Lipinski definition) is 2. The van der Waals surface area contributed by atoms with Gasteiger partial charge in [-0.3, -0.25) is 10.1 Å². The first-order chi connectivity index (χ1) is 15.6. The molecule has 1 aliphatic heterocycles. The molecule has 2 N–H and O–H groups in total. The Labute approximate surface area is 184 Å². The molecule has 4 rings (SSSR count). The van der Waals surface area contributed by atoms with Gasteiger partial charge in [-0.25, -0.2) is 9.97 Å². The van der Waals surface area contributed by atoms with E-state index >= 15 is 0 Å². The summed E-state index contributed by atoms with van der Waals surface area (Å²) in [5.41, 5.74) is 0.946. The van der Waals surface area contributed by atoms with E-state index in [-0.39, 0.29) is 17.3 Å². The molecule has 1 aliphatic rings. The summed E-state index contributed by atoms with van der Waals surface area (Å²) in [6, 6.07) is 12.4. The summed E-state index contributed by atoms with van der Waals surface area (Å²) >= 11 is 0. The van der Waals surface area contributed by atoms with Gasteiger partial charge in [-0.1, -0.05) is 13.3 Å². The highest BCUT2D eigenvalue weighted by atomic mass is 16.6. The van der Waals surface area contributed by atoms with Crippen molar-refractivity contribution in [3.8, 4) is 17.2 Å². The van der Waals surface area contributed by atoms with E-state index in [1.54, 1.807) is 42.5 Å². The van der Waals surface area contributed by atoms with Crippen LogP contribution in [0.2, 0.25) is 0 Å². The van der Waals surface area contributed by atoms with Gasteiger partial charge in [-0.2, -0.15) is 0 Å². The summed E-state index contributed by atoms with van der Waals surface area (Å²) in [7, 11) is 0. The van der Waals surface area contributed by atoms with Crippen molar-refractivity contribution < 1.29 is 19.1 Å². The Balaban J connectivity index is 1.54. The summed E-state index contributed by atoms with van der Waals surface area (Å²) in [5, 5.41) is 17.8. The largest absolute Gasteiger partial charge is 0.494 e. The van der Waals surface area contributed by atoms with Crippen molar-refractivity contribution in [2.75, 3.05) is 30.5 Å². The highest BCUT2D eigenvalue weighted by molar-refractivity contribution is 5.77. The number of anilines is 4. The summed E-state index contributed by atoms with van der Waals surface area (Å²) in [6.45, 7) is 3.68. The van der Waals surface area contributed by atoms with Crippen molar-refractivity contribution in [1.82, 2.24) is 9.97 Å². The van der Waals surface area contributed by atoms with Crippen molar-refractivity contribution in [2.45, 2.75) is 19.8 Å². The highest BCUT2D eigenvalue weighted by Gasteiger charge is 2.24. The predicted molar refractivity (Wildman–Crippen MR) is 120 cm³/mol. The Kier molecular flexibility index (Phi) is 6.49. The molecule has 0 saturated heterocycles. The third-order valence-corrected chi connectivity index (χ3v) is 4.69. The normalized spacial score (nSPS) is 12.2. The monoisotopic (exact) mass is 437 g/mol. The summed E-state index contributed by atoms with van der Waals surface area (Å²) in [6.07, 6.45) is 3.30. The zero-order valence-electron chi connectivity index (χ0n) is 17.5. The molecule has 166 valence electrons. The Hall–Kier alpha value is -4.08. The molecule has 2 heterocycles. The minimum Gasteiger partial charge on any atom is -0.494 e. The van der Waals surface area contributed by atoms with Crippen LogP contribution in [0, 0.1) is 10.1 Å². The van der Waals surface area contributed by atoms with Crippen molar-refractivity contribution >= 4 is 28.7 Å². The molecule has 0 bridgehead atoms. The second-order valence-electron chi connectivity index (χ2n) is 7.01. The van der Waals surface area contributed by atoms with Gasteiger partial charge >= 0.3 is 5.69 Å². The SMILES string of the molecule is CCCCOc1ccc(Nc2ncnc(Nc3ccc4c(c3)OCCO4)c2[N+](=O)[O-])cc1. The van der Waals surface area contributed by atoms with Crippen LogP contribution in [-0.2, 0) is 0 Å². The average Bonchev–Trinajstić information content (AvgIpc) is 2.80. The molecule has 1 aromatic heterocycles. The van der Waals surface area contributed by atoms with Crippen molar-refractivity contribution in [1.29, 1.82) is 0 Å². The van der Waals surface area contributed by atoms with Gasteiger partial charge in [0.25, 0.3) is 0 Å². The number of hydrogen-bond acceptors (Lipinski definition) is 9. The molecule has 0 radical (unpaired) electrons. The highest BCUT2D eigenvalue weighted by Crippen LogP contribution is 2.36. The van der Waals surface area contributed by atoms with Crippen LogP contribution >= 0.6 is 0 Å². The van der Waals surface area contributed by atoms with Gasteiger partial charge in [0.2, 0.25) is 11.6 Å². The number of nitrogens with zero attached hydrogens (tertiary/aromatic N) is 3. The molecule has 10 heteroatoms. The van der Waals surface area contributed by atoms with E-state index in [0.29, 0.717) is 42.7 Å². The van der Waals surface area contributed by atoms with Gasteiger partial charge in [-0.15, -0.1) is 0 Å². The van der Waals surface area contributed by atoms with E-state index in [1.165, 1.54) is 6.33 Å². The maximum atomic E-state index is 11.8. The zero-order chi connectivity index (χ0) is 22.3. The first kappa shape index (κ1) is 21.2. The summed E-state index contributed by atoms with van der Waals surface area (Å²) in [4.78, 5) is 19.5. The second kappa shape index (κ2) is 9.82. The van der Waals surface area contributed by atoms with Crippen LogP contribution in [0.25, 0.3) is 0 Å². The van der Waals surface area contributed by atoms with Crippen LogP contribution in [-0.4, -0.2) is 34.7 Å². The van der Waals surface area contributed by atoms with E-state index in [0.717, 1.165) is 18.6 Å². The number of unbranched alkanes of at least 4 members (excludes halogenated alkanes) is 1. The Morgan fingerprint density at radius 3 is 2.34 bits per heavy atom. The van der Waals surface area contributed by atoms with E-state index in [4.69, 9.17) is 14.2 Å². The van der Waals surface area contributed by atoms with Crippen LogP contribution < -0.4 is 24.8 Å². The lowest BCUT2D eigenvalue weighted by molar-refractivity contribution is -0.383. The van der Waals surface area contributed by atoms with E-state index in [2.05, 4.69) is 27.5 Å². The number of nitrogens with one attached hydrogen (secondary N) is 2. The molecular weight excluding hydrogens is 414 g/mol. The Bertz CT molecular complexity index is 1090. The molecule has 3 aromatic rings. The molecule has 0 saturated carbocycles. The molecule has 0 unspecified atom stereocenters. The minimum atomic E-state index is -0.523. The van der Waals surface area contributed by atoms with Crippen LogP contribution in [0.1, 0.15) is 19.8 Å². The number of nitro groups is 1. The van der Waals surface area contributed by atoms with Crippen molar-refractivity contribution in [3.05, 3.63) is 58.9 Å². The van der Waals surface area contributed by atoms with Crippen molar-refractivity contribution in [3.63, 3.8) is 0 Å². The Morgan fingerprint density at radius 2 is 1.66 bits per heavy atom. The molecule has 0 fully saturated rings. The van der Waals surface area contributed by atoms with Gasteiger partial charge in [0.15, 0.2) is 11.5 Å². The summed E-state index contributed by atoms with van der Waals surface area (Å²) < 4.78 is 16.7. The second-order valence-corrected chi connectivity index (χ2v) is 7.01. The number of fused-ring (bicyclic) bond motifs is 1. The van der Waals surface area contributed by atoms with Gasteiger partial charge in [0.1, 0.15) is 25.3 Å². The standard InChI is InChI=1S/C22H23N5O5/c1-2-3-10-30-17-7-4-15(5-8-17)25-21-20(27(28)29)22(24-14-23-21)26-16-6-9-18-19(13-16)32-12-11-31-18/h4-9,13-14H,2-3,10-12H2,1H3,(H2,23,24,25,26). The van der Waals surface area contributed by atoms with Crippen molar-refractivity contribution in [2.24, 2.45) is 0 Å². The molecule has 0 amide bonds. The summed E-state index contributed by atoms with van der Waals surface area (Å²) in [5.74, 6) is 2.07. The minimum absolute atomic E-state index is 0.0590. The number of rotatable bonds is 9. The van der Waals surface area contributed by atoms with E-state index < -0.39 is 4.92 Å². The zero-order valence-corrected chi connectivity index (χ0v) is 17.5. The number of benzene rings is 2. The first-order valence-electron chi connectivity index (χ1n) is 10.3. The molecule has 2 aromatic carbocycles. The van der Waals surface area contributed by atoms with Gasteiger partial charge in [0.05, 0.1) is 11.5 Å². The first-order valence-corrected chi connectivity index (χ1v) is 10.3. The molecule has 0 spiro atoms. The lowest BCUT2D eigenvalue weighted by atomic mass is 10.2. The fraction of sp³-hybridized carbons (Fsp3) is 0.273. The fourth-order valence-corrected chi connectivity index (χ4v) is 3.10. The van der Waals surface area contributed by atoms with Gasteiger partial charge in [0, 0.05) is 17.4 Å². The lowest BCUT2D eigenvalue weighted by Crippen LogP contribution is -2.15. The Morgan fingerprint density at radius 1 is 1.00 bits per heavy atom. The lowest BCUT2D eigenvalue weighted by Gasteiger charge is -2.19. The molecular formula is C22H23N5O5. The quantitative estimate of drug-likeness (QED) is 0.276. The average molecular weight is 437 g/mol. The number of ether oxygens (including phenoxy) is 3. The molecule has 0 aliphatic carbocycles. The predicted octanol–water partition coefficient (Wildman–Crippen LogP) is 4.82. The number of aromatic nitrogens is 2. The van der Waals surface area contributed by atoms with Gasteiger partial charge < -0.3 is 24.8 Å². The van der Waals surface area contributed by atoms with Crippen LogP contribution in [0.4, 0.5) is 28.7 Å². The topological polar surface area (TPSA) is 121 Å². The van der Waals surface area contributed by atoms with Gasteiger partial charge in [-0.05, 0) is 42.8 Å². The fourth-order valence-electron chi connectivity index (χ4n) is 3.10. The van der Waals surface area contributed by atoms with Crippen LogP contribution in [0.15, 0.2) is 48.8 Å². The molecule has 10 nitrogen and oxygen atoms in total. The van der Waals surface area contributed by atoms with Crippen LogP contribution in [0.3, 0.4) is 0 Å².